The van der Waals surface area contributed by atoms with E-state index in [2.05, 4.69) is 0 Å². The molecule has 0 bridgehead atoms. The smallest absolute Gasteiger partial charge is 0.130 e. The van der Waals surface area contributed by atoms with Crippen LogP contribution in [0.4, 0.5) is 4.39 Å². The van der Waals surface area contributed by atoms with Crippen molar-refractivity contribution < 1.29 is 13.9 Å². The van der Waals surface area contributed by atoms with Crippen molar-refractivity contribution in [3.8, 4) is 5.75 Å². The van der Waals surface area contributed by atoms with Gasteiger partial charge >= 0.3 is 0 Å². The number of hydrogen-bond acceptors (Lipinski definition) is 3. The van der Waals surface area contributed by atoms with Crippen molar-refractivity contribution in [2.24, 2.45) is 5.73 Å². The number of halogens is 1. The first-order chi connectivity index (χ1) is 8.22. The van der Waals surface area contributed by atoms with Crippen LogP contribution in [-0.2, 0) is 17.8 Å². The molecular weight excluding hydrogens is 221 g/mol. The first-order valence-electron chi connectivity index (χ1n) is 5.77. The van der Waals surface area contributed by atoms with Gasteiger partial charge in [-0.25, -0.2) is 4.39 Å². The molecule has 0 saturated carbocycles. The molecule has 0 radical (unpaired) electrons. The predicted molar refractivity (Wildman–Crippen MR) is 65.7 cm³/mol. The molecule has 0 atom stereocenters. The summed E-state index contributed by atoms with van der Waals surface area (Å²) in [5.74, 6) is 0.311. The summed E-state index contributed by atoms with van der Waals surface area (Å²) < 4.78 is 23.9. The lowest BCUT2D eigenvalue weighted by molar-refractivity contribution is 0.181. The van der Waals surface area contributed by atoms with Gasteiger partial charge in [-0.15, -0.1) is 0 Å². The van der Waals surface area contributed by atoms with E-state index in [4.69, 9.17) is 15.2 Å². The van der Waals surface area contributed by atoms with E-state index in [0.29, 0.717) is 30.9 Å². The van der Waals surface area contributed by atoms with Gasteiger partial charge in [-0.1, -0.05) is 0 Å². The normalized spacial score (nSPS) is 10.6. The number of ether oxygens (including phenoxy) is 2. The maximum Gasteiger partial charge on any atom is 0.130 e. The standard InChI is InChI=1S/C13H20FNO2/c1-16-9-11-7-10(5-3-4-6-15)12(14)8-13(11)17-2/h7-8H,3-6,9,15H2,1-2H3. The molecule has 0 spiro atoms. The number of unbranched alkanes of at least 4 members (excludes halogenated alkanes) is 1. The van der Waals surface area contributed by atoms with Gasteiger partial charge in [0.15, 0.2) is 0 Å². The van der Waals surface area contributed by atoms with Gasteiger partial charge in [0.1, 0.15) is 11.6 Å². The molecule has 0 unspecified atom stereocenters. The molecule has 2 N–H and O–H groups in total. The summed E-state index contributed by atoms with van der Waals surface area (Å²) in [6.07, 6.45) is 2.50. The topological polar surface area (TPSA) is 44.5 Å². The Balaban J connectivity index is 2.85. The van der Waals surface area contributed by atoms with Gasteiger partial charge in [-0.05, 0) is 37.4 Å². The number of rotatable bonds is 7. The van der Waals surface area contributed by atoms with E-state index >= 15 is 0 Å². The maximum absolute atomic E-state index is 13.7. The molecule has 0 aliphatic rings. The SMILES string of the molecule is COCc1cc(CCCCN)c(F)cc1OC. The van der Waals surface area contributed by atoms with Crippen molar-refractivity contribution in [3.63, 3.8) is 0 Å². The third-order valence-electron chi connectivity index (χ3n) is 2.65. The van der Waals surface area contributed by atoms with E-state index in [9.17, 15) is 4.39 Å². The zero-order chi connectivity index (χ0) is 12.7. The lowest BCUT2D eigenvalue weighted by Crippen LogP contribution is -2.02. The highest BCUT2D eigenvalue weighted by Crippen LogP contribution is 2.24. The Hall–Kier alpha value is -1.13. The molecule has 4 heteroatoms. The summed E-state index contributed by atoms with van der Waals surface area (Å²) >= 11 is 0. The Morgan fingerprint density at radius 2 is 1.94 bits per heavy atom. The Kier molecular flexibility index (Phi) is 5.94. The third kappa shape index (κ3) is 3.98. The van der Waals surface area contributed by atoms with Crippen molar-refractivity contribution >= 4 is 0 Å². The molecule has 96 valence electrons. The van der Waals surface area contributed by atoms with Gasteiger partial charge in [-0.2, -0.15) is 0 Å². The molecule has 17 heavy (non-hydrogen) atoms. The first kappa shape index (κ1) is 13.9. The van der Waals surface area contributed by atoms with Crippen molar-refractivity contribution in [1.82, 2.24) is 0 Å². The number of benzene rings is 1. The van der Waals surface area contributed by atoms with Crippen LogP contribution in [0, 0.1) is 5.82 Å². The number of nitrogens with two attached hydrogens (primary N) is 1. The van der Waals surface area contributed by atoms with Crippen LogP contribution in [0.3, 0.4) is 0 Å². The predicted octanol–water partition coefficient (Wildman–Crippen LogP) is 2.26. The number of methoxy groups -OCH3 is 2. The van der Waals surface area contributed by atoms with Crippen molar-refractivity contribution in [1.29, 1.82) is 0 Å². The first-order valence-corrected chi connectivity index (χ1v) is 5.77. The molecule has 1 aromatic carbocycles. The summed E-state index contributed by atoms with van der Waals surface area (Å²) in [5, 5.41) is 0. The summed E-state index contributed by atoms with van der Waals surface area (Å²) in [4.78, 5) is 0. The summed E-state index contributed by atoms with van der Waals surface area (Å²) in [5.41, 5.74) is 6.99. The van der Waals surface area contributed by atoms with Gasteiger partial charge in [0.2, 0.25) is 0 Å². The summed E-state index contributed by atoms with van der Waals surface area (Å²) in [7, 11) is 3.14. The molecule has 0 saturated heterocycles. The van der Waals surface area contributed by atoms with Gasteiger partial charge in [0, 0.05) is 18.7 Å². The molecule has 0 aliphatic heterocycles. The van der Waals surface area contributed by atoms with E-state index in [1.165, 1.54) is 13.2 Å². The van der Waals surface area contributed by atoms with Crippen LogP contribution in [-0.4, -0.2) is 20.8 Å². The highest BCUT2D eigenvalue weighted by Gasteiger charge is 2.10. The second kappa shape index (κ2) is 7.25. The lowest BCUT2D eigenvalue weighted by atomic mass is 10.0. The van der Waals surface area contributed by atoms with Crippen LogP contribution >= 0.6 is 0 Å². The van der Waals surface area contributed by atoms with Crippen LogP contribution in [0.2, 0.25) is 0 Å². The average Bonchev–Trinajstić information content (AvgIpc) is 2.33. The van der Waals surface area contributed by atoms with Crippen molar-refractivity contribution in [2.75, 3.05) is 20.8 Å². The van der Waals surface area contributed by atoms with Crippen LogP contribution in [0.1, 0.15) is 24.0 Å². The van der Waals surface area contributed by atoms with E-state index in [1.807, 2.05) is 6.07 Å². The van der Waals surface area contributed by atoms with Crippen LogP contribution < -0.4 is 10.5 Å². The van der Waals surface area contributed by atoms with Crippen molar-refractivity contribution in [2.45, 2.75) is 25.9 Å². The van der Waals surface area contributed by atoms with Gasteiger partial charge < -0.3 is 15.2 Å². The number of aryl methyl sites for hydroxylation is 1. The summed E-state index contributed by atoms with van der Waals surface area (Å²) in [6.45, 7) is 1.07. The highest BCUT2D eigenvalue weighted by atomic mass is 19.1. The zero-order valence-corrected chi connectivity index (χ0v) is 10.5. The van der Waals surface area contributed by atoms with E-state index in [-0.39, 0.29) is 5.82 Å². The van der Waals surface area contributed by atoms with Crippen molar-refractivity contribution in [3.05, 3.63) is 29.1 Å². The molecule has 0 heterocycles. The Labute approximate surface area is 102 Å². The average molecular weight is 241 g/mol. The molecule has 1 rings (SSSR count). The Morgan fingerprint density at radius 3 is 2.53 bits per heavy atom. The molecular formula is C13H20FNO2. The fourth-order valence-corrected chi connectivity index (χ4v) is 1.76. The molecule has 1 aromatic rings. The highest BCUT2D eigenvalue weighted by molar-refractivity contribution is 5.38. The Bertz CT molecular complexity index is 356. The number of hydrogen-bond donors (Lipinski definition) is 1. The minimum Gasteiger partial charge on any atom is -0.496 e. The van der Waals surface area contributed by atoms with Gasteiger partial charge in [0.05, 0.1) is 13.7 Å². The van der Waals surface area contributed by atoms with E-state index < -0.39 is 0 Å². The molecule has 0 aromatic heterocycles. The fourth-order valence-electron chi connectivity index (χ4n) is 1.76. The fraction of sp³-hybridized carbons (Fsp3) is 0.538. The second-order valence-electron chi connectivity index (χ2n) is 3.93. The largest absolute Gasteiger partial charge is 0.496 e. The van der Waals surface area contributed by atoms with E-state index in [1.54, 1.807) is 7.11 Å². The molecule has 0 amide bonds. The minimum atomic E-state index is -0.223. The zero-order valence-electron chi connectivity index (χ0n) is 10.5. The molecule has 0 fully saturated rings. The van der Waals surface area contributed by atoms with E-state index in [0.717, 1.165) is 18.4 Å². The van der Waals surface area contributed by atoms with Crippen LogP contribution in [0.25, 0.3) is 0 Å². The van der Waals surface area contributed by atoms with Crippen LogP contribution in [0.15, 0.2) is 12.1 Å². The summed E-state index contributed by atoms with van der Waals surface area (Å²) in [6, 6.07) is 3.24. The minimum absolute atomic E-state index is 0.223. The second-order valence-corrected chi connectivity index (χ2v) is 3.93. The van der Waals surface area contributed by atoms with Gasteiger partial charge in [-0.3, -0.25) is 0 Å². The maximum atomic E-state index is 13.7. The molecule has 0 aliphatic carbocycles. The molecule has 3 nitrogen and oxygen atoms in total. The quantitative estimate of drug-likeness (QED) is 0.745. The van der Waals surface area contributed by atoms with Crippen LogP contribution in [0.5, 0.6) is 5.75 Å². The monoisotopic (exact) mass is 241 g/mol. The Morgan fingerprint density at radius 1 is 1.18 bits per heavy atom. The lowest BCUT2D eigenvalue weighted by Gasteiger charge is -2.11. The third-order valence-corrected chi connectivity index (χ3v) is 2.65. The van der Waals surface area contributed by atoms with Gasteiger partial charge in [0.25, 0.3) is 0 Å².